The third-order valence-electron chi connectivity index (χ3n) is 4.91. The van der Waals surface area contributed by atoms with Crippen LogP contribution in [0.2, 0.25) is 0 Å². The predicted octanol–water partition coefficient (Wildman–Crippen LogP) is 3.97. The molecule has 0 saturated carbocycles. The number of carbonyl (C=O) groups excluding carboxylic acids is 1. The number of carbonyl (C=O) groups is 1. The number of benzene rings is 3. The Morgan fingerprint density at radius 3 is 2.59 bits per heavy atom. The summed E-state index contributed by atoms with van der Waals surface area (Å²) in [4.78, 5) is 35.2. The fourth-order valence-electron chi connectivity index (χ4n) is 3.34. The Bertz CT molecular complexity index is 1410. The zero-order valence-corrected chi connectivity index (χ0v) is 16.5. The van der Waals surface area contributed by atoms with Crippen LogP contribution in [0.5, 0.6) is 0 Å². The van der Waals surface area contributed by atoms with E-state index in [1.807, 2.05) is 36.4 Å². The minimum Gasteiger partial charge on any atom is -0.338 e. The third kappa shape index (κ3) is 3.56. The predicted molar refractivity (Wildman–Crippen MR) is 117 cm³/mol. The summed E-state index contributed by atoms with van der Waals surface area (Å²) in [7, 11) is 0. The summed E-state index contributed by atoms with van der Waals surface area (Å²) < 4.78 is 1.27. The van der Waals surface area contributed by atoms with Gasteiger partial charge >= 0.3 is 0 Å². The van der Waals surface area contributed by atoms with E-state index in [4.69, 9.17) is 0 Å². The summed E-state index contributed by atoms with van der Waals surface area (Å²) in [5.74, 6) is 0.262. The molecule has 5 aromatic rings. The number of imidazole rings is 1. The van der Waals surface area contributed by atoms with Gasteiger partial charge in [0.2, 0.25) is 0 Å². The van der Waals surface area contributed by atoms with Crippen LogP contribution < -0.4 is 5.32 Å². The number of hydrogen-bond donors (Lipinski definition) is 2. The van der Waals surface area contributed by atoms with Crippen molar-refractivity contribution >= 4 is 28.3 Å². The lowest BCUT2D eigenvalue weighted by Gasteiger charge is -2.08. The molecular formula is C22H15N7O3. The van der Waals surface area contributed by atoms with Gasteiger partial charge in [-0.3, -0.25) is 14.9 Å². The second-order valence-corrected chi connectivity index (χ2v) is 6.93. The lowest BCUT2D eigenvalue weighted by Crippen LogP contribution is -2.13. The fourth-order valence-corrected chi connectivity index (χ4v) is 3.34. The monoisotopic (exact) mass is 425 g/mol. The van der Waals surface area contributed by atoms with Crippen molar-refractivity contribution in [3.63, 3.8) is 0 Å². The molecule has 1 amide bonds. The minimum atomic E-state index is -0.560. The first-order valence-corrected chi connectivity index (χ1v) is 9.58. The summed E-state index contributed by atoms with van der Waals surface area (Å²) in [6.45, 7) is 0. The largest absolute Gasteiger partial charge is 0.338 e. The topological polar surface area (TPSA) is 132 Å². The maximum Gasteiger partial charge on any atom is 0.295 e. The summed E-state index contributed by atoms with van der Waals surface area (Å²) in [5.41, 5.74) is 3.36. The second-order valence-electron chi connectivity index (χ2n) is 6.93. The van der Waals surface area contributed by atoms with Crippen molar-refractivity contribution < 1.29 is 9.72 Å². The molecule has 2 heterocycles. The zero-order valence-electron chi connectivity index (χ0n) is 16.5. The third-order valence-corrected chi connectivity index (χ3v) is 4.91. The normalized spacial score (nSPS) is 10.9. The summed E-state index contributed by atoms with van der Waals surface area (Å²) in [6, 6.07) is 19.1. The van der Waals surface area contributed by atoms with Crippen LogP contribution in [-0.2, 0) is 0 Å². The molecule has 0 aliphatic heterocycles. The van der Waals surface area contributed by atoms with Gasteiger partial charge in [-0.2, -0.15) is 5.10 Å². The molecule has 0 unspecified atom stereocenters. The molecule has 0 atom stereocenters. The first-order chi connectivity index (χ1) is 15.6. The number of aromatic nitrogens is 5. The standard InChI is InChI=1S/C22H15N7O3/c30-22(15-7-10-19(20(11-15)29(31)32)28-13-23-12-24-28)25-16-8-5-14(6-9-16)21-26-17-3-1-2-4-18(17)27-21/h1-13H,(H,25,30)(H,26,27). The number of nitro benzene ring substituents is 1. The molecule has 0 radical (unpaired) electrons. The number of nitrogens with one attached hydrogen (secondary N) is 2. The van der Waals surface area contributed by atoms with Gasteiger partial charge in [-0.05, 0) is 48.5 Å². The molecule has 0 fully saturated rings. The van der Waals surface area contributed by atoms with E-state index in [9.17, 15) is 14.9 Å². The van der Waals surface area contributed by atoms with Gasteiger partial charge in [0.15, 0.2) is 0 Å². The van der Waals surface area contributed by atoms with Crippen molar-refractivity contribution in [2.45, 2.75) is 0 Å². The molecule has 10 heteroatoms. The van der Waals surface area contributed by atoms with Gasteiger partial charge in [-0.25, -0.2) is 14.6 Å². The highest BCUT2D eigenvalue weighted by Gasteiger charge is 2.19. The van der Waals surface area contributed by atoms with E-state index in [-0.39, 0.29) is 16.9 Å². The Morgan fingerprint density at radius 1 is 1.06 bits per heavy atom. The Balaban J connectivity index is 1.36. The fraction of sp³-hybridized carbons (Fsp3) is 0. The highest BCUT2D eigenvalue weighted by molar-refractivity contribution is 6.05. The van der Waals surface area contributed by atoms with Crippen molar-refractivity contribution in [2.24, 2.45) is 0 Å². The number of amides is 1. The van der Waals surface area contributed by atoms with Crippen molar-refractivity contribution in [3.8, 4) is 17.1 Å². The van der Waals surface area contributed by atoms with E-state index >= 15 is 0 Å². The number of nitro groups is 1. The van der Waals surface area contributed by atoms with E-state index in [1.165, 1.54) is 35.5 Å². The molecule has 0 aliphatic rings. The van der Waals surface area contributed by atoms with Crippen LogP contribution in [0.4, 0.5) is 11.4 Å². The van der Waals surface area contributed by atoms with Crippen molar-refractivity contribution in [2.75, 3.05) is 5.32 Å². The summed E-state index contributed by atoms with van der Waals surface area (Å²) in [5, 5.41) is 18.2. The molecule has 0 aliphatic carbocycles. The maximum absolute atomic E-state index is 12.7. The molecule has 0 saturated heterocycles. The highest BCUT2D eigenvalue weighted by atomic mass is 16.6. The quantitative estimate of drug-likeness (QED) is 0.323. The van der Waals surface area contributed by atoms with Crippen LogP contribution in [0.3, 0.4) is 0 Å². The van der Waals surface area contributed by atoms with Crippen LogP contribution in [0.25, 0.3) is 28.1 Å². The molecule has 5 rings (SSSR count). The second kappa shape index (κ2) is 7.76. The smallest absolute Gasteiger partial charge is 0.295 e. The molecule has 0 bridgehead atoms. The van der Waals surface area contributed by atoms with E-state index in [1.54, 1.807) is 12.1 Å². The molecule has 2 N–H and O–H groups in total. The first-order valence-electron chi connectivity index (χ1n) is 9.58. The Labute approximate surface area is 180 Å². The van der Waals surface area contributed by atoms with Crippen molar-refractivity contribution in [1.29, 1.82) is 0 Å². The zero-order chi connectivity index (χ0) is 22.1. The first kappa shape index (κ1) is 19.1. The molecule has 32 heavy (non-hydrogen) atoms. The van der Waals surface area contributed by atoms with Gasteiger partial charge in [-0.1, -0.05) is 12.1 Å². The minimum absolute atomic E-state index is 0.155. The number of hydrogen-bond acceptors (Lipinski definition) is 6. The molecule has 3 aromatic carbocycles. The van der Waals surface area contributed by atoms with Crippen LogP contribution in [0.1, 0.15) is 10.4 Å². The Kier molecular flexibility index (Phi) is 4.64. The van der Waals surface area contributed by atoms with Crippen LogP contribution >= 0.6 is 0 Å². The molecule has 0 spiro atoms. The lowest BCUT2D eigenvalue weighted by molar-refractivity contribution is -0.384. The average Bonchev–Trinajstić information content (AvgIpc) is 3.49. The summed E-state index contributed by atoms with van der Waals surface area (Å²) in [6.07, 6.45) is 2.63. The van der Waals surface area contributed by atoms with E-state index in [0.29, 0.717) is 5.69 Å². The van der Waals surface area contributed by atoms with Gasteiger partial charge in [0, 0.05) is 22.9 Å². The SMILES string of the molecule is O=C(Nc1ccc(-c2nc3ccccc3[nH]2)cc1)c1ccc(-n2cncn2)c([N+](=O)[O-])c1. The van der Waals surface area contributed by atoms with Gasteiger partial charge in [0.1, 0.15) is 24.2 Å². The van der Waals surface area contributed by atoms with Crippen molar-refractivity contribution in [3.05, 3.63) is 95.1 Å². The van der Waals surface area contributed by atoms with E-state index < -0.39 is 10.8 Å². The number of anilines is 1. The van der Waals surface area contributed by atoms with Gasteiger partial charge in [-0.15, -0.1) is 0 Å². The number of rotatable bonds is 5. The Morgan fingerprint density at radius 2 is 1.88 bits per heavy atom. The van der Waals surface area contributed by atoms with E-state index in [2.05, 4.69) is 25.4 Å². The number of aromatic amines is 1. The average molecular weight is 425 g/mol. The van der Waals surface area contributed by atoms with Gasteiger partial charge in [0.05, 0.1) is 16.0 Å². The maximum atomic E-state index is 12.7. The number of fused-ring (bicyclic) bond motifs is 1. The number of H-pyrrole nitrogens is 1. The molecule has 10 nitrogen and oxygen atoms in total. The highest BCUT2D eigenvalue weighted by Crippen LogP contribution is 2.25. The van der Waals surface area contributed by atoms with E-state index in [0.717, 1.165) is 22.4 Å². The molecule has 156 valence electrons. The van der Waals surface area contributed by atoms with Gasteiger partial charge < -0.3 is 10.3 Å². The Hall–Kier alpha value is -4.86. The van der Waals surface area contributed by atoms with Crippen LogP contribution in [0, 0.1) is 10.1 Å². The summed E-state index contributed by atoms with van der Waals surface area (Å²) >= 11 is 0. The number of nitrogens with zero attached hydrogens (tertiary/aromatic N) is 5. The van der Waals surface area contributed by atoms with Gasteiger partial charge in [0.25, 0.3) is 11.6 Å². The molecular weight excluding hydrogens is 410 g/mol. The van der Waals surface area contributed by atoms with Crippen LogP contribution in [-0.4, -0.2) is 35.6 Å². The lowest BCUT2D eigenvalue weighted by atomic mass is 10.1. The number of para-hydroxylation sites is 2. The van der Waals surface area contributed by atoms with Crippen LogP contribution in [0.15, 0.2) is 79.4 Å². The molecule has 2 aromatic heterocycles. The van der Waals surface area contributed by atoms with Crippen molar-refractivity contribution in [1.82, 2.24) is 24.7 Å².